The topological polar surface area (TPSA) is 75.3 Å². The molecule has 146 valence electrons. The zero-order valence-electron chi connectivity index (χ0n) is 16.0. The van der Waals surface area contributed by atoms with Gasteiger partial charge in [0.25, 0.3) is 0 Å². The highest BCUT2D eigenvalue weighted by atomic mass is 35.5. The van der Waals surface area contributed by atoms with Crippen LogP contribution >= 0.6 is 11.6 Å². The second-order valence-electron chi connectivity index (χ2n) is 7.46. The molecule has 0 aromatic heterocycles. The number of hydrogen-bond donors (Lipinski definition) is 2. The summed E-state index contributed by atoms with van der Waals surface area (Å²) in [7, 11) is -3.56. The van der Waals surface area contributed by atoms with Crippen LogP contribution in [0, 0.1) is 6.92 Å². The normalized spacial score (nSPS) is 12.0. The molecule has 0 heterocycles. The minimum absolute atomic E-state index is 0.119. The molecule has 0 atom stereocenters. The molecule has 0 spiro atoms. The second-order valence-corrected chi connectivity index (χ2v) is 9.55. The maximum absolute atomic E-state index is 12.3. The number of carbonyl (C=O) groups excluding carboxylic acids is 1. The van der Waals surface area contributed by atoms with E-state index in [9.17, 15) is 13.2 Å². The molecule has 0 saturated carbocycles. The lowest BCUT2D eigenvalue weighted by molar-refractivity contribution is -0.116. The van der Waals surface area contributed by atoms with Crippen molar-refractivity contribution in [3.8, 4) is 0 Å². The van der Waals surface area contributed by atoms with Crippen molar-refractivity contribution in [3.05, 3.63) is 58.6 Å². The first-order valence-corrected chi connectivity index (χ1v) is 10.5. The molecule has 0 bridgehead atoms. The maximum atomic E-state index is 12.3. The lowest BCUT2D eigenvalue weighted by Gasteiger charge is -2.20. The van der Waals surface area contributed by atoms with Crippen LogP contribution in [-0.2, 0) is 21.2 Å². The van der Waals surface area contributed by atoms with Gasteiger partial charge in [0.15, 0.2) is 0 Å². The molecule has 2 N–H and O–H groups in total. The minimum atomic E-state index is -3.56. The van der Waals surface area contributed by atoms with Crippen molar-refractivity contribution < 1.29 is 13.2 Å². The first kappa shape index (κ1) is 21.4. The van der Waals surface area contributed by atoms with Crippen molar-refractivity contribution in [2.45, 2.75) is 51.0 Å². The average molecular weight is 409 g/mol. The second kappa shape index (κ2) is 8.42. The molecule has 2 rings (SSSR count). The molecule has 0 aliphatic carbocycles. The van der Waals surface area contributed by atoms with E-state index in [0.29, 0.717) is 17.1 Å². The van der Waals surface area contributed by atoms with E-state index < -0.39 is 15.6 Å². The Balaban J connectivity index is 1.97. The highest BCUT2D eigenvalue weighted by molar-refractivity contribution is 7.89. The Hall–Kier alpha value is -1.89. The van der Waals surface area contributed by atoms with Gasteiger partial charge in [0.1, 0.15) is 0 Å². The van der Waals surface area contributed by atoms with Gasteiger partial charge in [0.05, 0.1) is 4.90 Å². The molecule has 1 amide bonds. The van der Waals surface area contributed by atoms with E-state index >= 15 is 0 Å². The highest BCUT2D eigenvalue weighted by Crippen LogP contribution is 2.23. The fraction of sp³-hybridized carbons (Fsp3) is 0.350. The van der Waals surface area contributed by atoms with E-state index in [4.69, 9.17) is 11.6 Å². The van der Waals surface area contributed by atoms with Crippen molar-refractivity contribution in [1.82, 2.24) is 4.72 Å². The molecule has 2 aromatic rings. The molecule has 0 radical (unpaired) electrons. The van der Waals surface area contributed by atoms with E-state index in [0.717, 1.165) is 11.1 Å². The SMILES string of the molecule is Cc1c(Cl)cccc1NC(=O)CCc1ccc(S(=O)(=O)NC(C)(C)C)cc1. The molecular formula is C20H25ClN2O3S. The largest absolute Gasteiger partial charge is 0.326 e. The van der Waals surface area contributed by atoms with Gasteiger partial charge < -0.3 is 5.32 Å². The van der Waals surface area contributed by atoms with Crippen LogP contribution in [-0.4, -0.2) is 19.9 Å². The molecule has 0 saturated heterocycles. The minimum Gasteiger partial charge on any atom is -0.326 e. The van der Waals surface area contributed by atoms with Gasteiger partial charge in [0, 0.05) is 22.7 Å². The summed E-state index contributed by atoms with van der Waals surface area (Å²) in [4.78, 5) is 12.4. The van der Waals surface area contributed by atoms with Crippen LogP contribution in [0.25, 0.3) is 0 Å². The molecule has 5 nitrogen and oxygen atoms in total. The summed E-state index contributed by atoms with van der Waals surface area (Å²) >= 11 is 6.06. The standard InChI is InChI=1S/C20H25ClN2O3S/c1-14-17(21)6-5-7-18(14)22-19(24)13-10-15-8-11-16(12-9-15)27(25,26)23-20(2,3)4/h5-9,11-12,23H,10,13H2,1-4H3,(H,22,24). The van der Waals surface area contributed by atoms with Gasteiger partial charge in [-0.25, -0.2) is 13.1 Å². The van der Waals surface area contributed by atoms with Crippen molar-refractivity contribution in [2.24, 2.45) is 0 Å². The first-order chi connectivity index (χ1) is 12.5. The van der Waals surface area contributed by atoms with Crippen LogP contribution in [0.2, 0.25) is 5.02 Å². The van der Waals surface area contributed by atoms with Crippen LogP contribution in [0.15, 0.2) is 47.4 Å². The Morgan fingerprint density at radius 3 is 2.30 bits per heavy atom. The Bertz CT molecular complexity index is 917. The van der Waals surface area contributed by atoms with E-state index in [1.165, 1.54) is 0 Å². The van der Waals surface area contributed by atoms with Gasteiger partial charge in [0.2, 0.25) is 15.9 Å². The monoisotopic (exact) mass is 408 g/mol. The Kier molecular flexibility index (Phi) is 6.68. The fourth-order valence-electron chi connectivity index (χ4n) is 2.51. The van der Waals surface area contributed by atoms with Crippen molar-refractivity contribution in [2.75, 3.05) is 5.32 Å². The molecule has 0 aliphatic heterocycles. The maximum Gasteiger partial charge on any atom is 0.241 e. The predicted molar refractivity (Wildman–Crippen MR) is 110 cm³/mol. The Morgan fingerprint density at radius 1 is 1.07 bits per heavy atom. The lowest BCUT2D eigenvalue weighted by atomic mass is 10.1. The predicted octanol–water partition coefficient (Wildman–Crippen LogP) is 4.30. The number of anilines is 1. The zero-order chi connectivity index (χ0) is 20.2. The first-order valence-electron chi connectivity index (χ1n) is 8.66. The average Bonchev–Trinajstić information content (AvgIpc) is 2.55. The van der Waals surface area contributed by atoms with E-state index in [1.54, 1.807) is 63.2 Å². The van der Waals surface area contributed by atoms with Gasteiger partial charge in [-0.2, -0.15) is 0 Å². The van der Waals surface area contributed by atoms with Crippen LogP contribution in [0.4, 0.5) is 5.69 Å². The number of hydrogen-bond acceptors (Lipinski definition) is 3. The number of benzene rings is 2. The third-order valence-corrected chi connectivity index (χ3v) is 6.04. The number of amides is 1. The smallest absolute Gasteiger partial charge is 0.241 e. The summed E-state index contributed by atoms with van der Waals surface area (Å²) in [6.07, 6.45) is 0.802. The van der Waals surface area contributed by atoms with Crippen LogP contribution in [0.1, 0.15) is 38.3 Å². The zero-order valence-corrected chi connectivity index (χ0v) is 17.5. The highest BCUT2D eigenvalue weighted by Gasteiger charge is 2.21. The summed E-state index contributed by atoms with van der Waals surface area (Å²) in [5, 5.41) is 3.46. The summed E-state index contributed by atoms with van der Waals surface area (Å²) < 4.78 is 27.2. The van der Waals surface area contributed by atoms with Crippen molar-refractivity contribution >= 4 is 33.2 Å². The van der Waals surface area contributed by atoms with Gasteiger partial charge in [-0.3, -0.25) is 4.79 Å². The van der Waals surface area contributed by atoms with Crippen LogP contribution in [0.3, 0.4) is 0 Å². The summed E-state index contributed by atoms with van der Waals surface area (Å²) in [5.41, 5.74) is 1.87. The van der Waals surface area contributed by atoms with Crippen LogP contribution < -0.4 is 10.0 Å². The third kappa shape index (κ3) is 6.34. The van der Waals surface area contributed by atoms with E-state index in [1.807, 2.05) is 6.92 Å². The van der Waals surface area contributed by atoms with Crippen molar-refractivity contribution in [1.29, 1.82) is 0 Å². The number of aryl methyl sites for hydroxylation is 1. The Labute approximate surface area is 166 Å². The molecule has 7 heteroatoms. The number of nitrogens with one attached hydrogen (secondary N) is 2. The van der Waals surface area contributed by atoms with E-state index in [-0.39, 0.29) is 17.2 Å². The summed E-state index contributed by atoms with van der Waals surface area (Å²) in [6.45, 7) is 7.22. The quantitative estimate of drug-likeness (QED) is 0.748. The number of rotatable bonds is 6. The number of carbonyl (C=O) groups is 1. The summed E-state index contributed by atoms with van der Waals surface area (Å²) in [6, 6.07) is 11.9. The molecular weight excluding hydrogens is 384 g/mol. The van der Waals surface area contributed by atoms with Gasteiger partial charge >= 0.3 is 0 Å². The molecule has 27 heavy (non-hydrogen) atoms. The van der Waals surface area contributed by atoms with Gasteiger partial charge in [-0.1, -0.05) is 29.8 Å². The molecule has 0 fully saturated rings. The van der Waals surface area contributed by atoms with E-state index in [2.05, 4.69) is 10.0 Å². The van der Waals surface area contributed by atoms with Crippen molar-refractivity contribution in [3.63, 3.8) is 0 Å². The third-order valence-electron chi connectivity index (χ3n) is 3.86. The Morgan fingerprint density at radius 2 is 1.70 bits per heavy atom. The lowest BCUT2D eigenvalue weighted by Crippen LogP contribution is -2.40. The molecule has 2 aromatic carbocycles. The van der Waals surface area contributed by atoms with Crippen LogP contribution in [0.5, 0.6) is 0 Å². The number of halogens is 1. The number of sulfonamides is 1. The summed E-state index contributed by atoms with van der Waals surface area (Å²) in [5.74, 6) is -0.119. The van der Waals surface area contributed by atoms with Gasteiger partial charge in [-0.15, -0.1) is 0 Å². The molecule has 0 aliphatic rings. The fourth-order valence-corrected chi connectivity index (χ4v) is 4.10. The molecule has 0 unspecified atom stereocenters. The van der Waals surface area contributed by atoms with Gasteiger partial charge in [-0.05, 0) is 69.5 Å².